The van der Waals surface area contributed by atoms with Gasteiger partial charge in [0.2, 0.25) is 0 Å². The number of hydrogen-bond acceptors (Lipinski definition) is 4. The maximum Gasteiger partial charge on any atom is 0.146 e. The molecule has 0 amide bonds. The zero-order valence-electron chi connectivity index (χ0n) is 10.4. The summed E-state index contributed by atoms with van der Waals surface area (Å²) in [7, 11) is 1.97. The smallest absolute Gasteiger partial charge is 0.146 e. The van der Waals surface area contributed by atoms with E-state index in [0.29, 0.717) is 11.5 Å². The van der Waals surface area contributed by atoms with Crippen LogP contribution in [0.4, 0.5) is 5.82 Å². The van der Waals surface area contributed by atoms with Crippen molar-refractivity contribution >= 4 is 39.0 Å². The predicted molar refractivity (Wildman–Crippen MR) is 84.2 cm³/mol. The third-order valence-electron chi connectivity index (χ3n) is 2.64. The first-order chi connectivity index (χ1) is 9.08. The Kier molecular flexibility index (Phi) is 4.44. The molecule has 1 heterocycles. The number of aromatic nitrogens is 2. The maximum atomic E-state index is 5.64. The van der Waals surface area contributed by atoms with Gasteiger partial charge in [0.05, 0.1) is 4.47 Å². The molecule has 0 unspecified atom stereocenters. The number of anilines is 1. The van der Waals surface area contributed by atoms with E-state index in [1.54, 1.807) is 6.20 Å². The molecular formula is C13H13BrN4S. The fraction of sp³-hybridized carbons (Fsp3) is 0.154. The molecule has 2 N–H and O–H groups in total. The summed E-state index contributed by atoms with van der Waals surface area (Å²) in [6.07, 6.45) is 3.26. The molecule has 0 radical (unpaired) electrons. The second-order valence-corrected chi connectivity index (χ2v) is 5.41. The highest BCUT2D eigenvalue weighted by atomic mass is 79.9. The van der Waals surface area contributed by atoms with Gasteiger partial charge in [-0.1, -0.05) is 30.4 Å². The summed E-state index contributed by atoms with van der Waals surface area (Å²) in [5.41, 5.74) is 7.64. The number of nitrogens with zero attached hydrogens (tertiary/aromatic N) is 3. The molecule has 0 bridgehead atoms. The normalized spacial score (nSPS) is 10.2. The molecule has 19 heavy (non-hydrogen) atoms. The molecule has 0 aliphatic carbocycles. The minimum absolute atomic E-state index is 0.410. The van der Waals surface area contributed by atoms with Gasteiger partial charge in [0.1, 0.15) is 17.1 Å². The minimum atomic E-state index is 0.410. The standard InChI is InChI=1S/C13H13BrN4S/c1-18(13-11(14)6-16-8-17-13)7-9-3-2-4-10(5-9)12(15)19/h2-6,8H,7H2,1H3,(H2,15,19). The molecular weight excluding hydrogens is 324 g/mol. The quantitative estimate of drug-likeness (QED) is 0.869. The molecule has 2 aromatic rings. The van der Waals surface area contributed by atoms with Gasteiger partial charge in [0.25, 0.3) is 0 Å². The summed E-state index contributed by atoms with van der Waals surface area (Å²) < 4.78 is 0.864. The maximum absolute atomic E-state index is 5.64. The minimum Gasteiger partial charge on any atom is -0.389 e. The molecule has 2 rings (SSSR count). The zero-order chi connectivity index (χ0) is 13.8. The van der Waals surface area contributed by atoms with Crippen LogP contribution in [0.3, 0.4) is 0 Å². The Labute approximate surface area is 125 Å². The van der Waals surface area contributed by atoms with Crippen LogP contribution >= 0.6 is 28.1 Å². The predicted octanol–water partition coefficient (Wildman–Crippen LogP) is 2.51. The van der Waals surface area contributed by atoms with E-state index in [9.17, 15) is 0 Å². The highest BCUT2D eigenvalue weighted by Crippen LogP contribution is 2.22. The Hall–Kier alpha value is -1.53. The van der Waals surface area contributed by atoms with Crippen LogP contribution in [0.25, 0.3) is 0 Å². The number of hydrogen-bond donors (Lipinski definition) is 1. The first kappa shape index (κ1) is 13.9. The highest BCUT2D eigenvalue weighted by molar-refractivity contribution is 9.10. The van der Waals surface area contributed by atoms with E-state index >= 15 is 0 Å². The lowest BCUT2D eigenvalue weighted by atomic mass is 10.1. The number of nitrogens with two attached hydrogens (primary N) is 1. The van der Waals surface area contributed by atoms with Crippen molar-refractivity contribution in [3.63, 3.8) is 0 Å². The van der Waals surface area contributed by atoms with Crippen LogP contribution in [0.2, 0.25) is 0 Å². The molecule has 0 atom stereocenters. The van der Waals surface area contributed by atoms with E-state index in [2.05, 4.69) is 25.9 Å². The Morgan fingerprint density at radius 1 is 1.47 bits per heavy atom. The molecule has 0 aliphatic heterocycles. The van der Waals surface area contributed by atoms with Crippen molar-refractivity contribution in [2.24, 2.45) is 5.73 Å². The van der Waals surface area contributed by atoms with Crippen LogP contribution in [0.5, 0.6) is 0 Å². The average molecular weight is 337 g/mol. The Bertz CT molecular complexity index is 603. The first-order valence-electron chi connectivity index (χ1n) is 5.63. The summed E-state index contributed by atoms with van der Waals surface area (Å²) in [5.74, 6) is 0.843. The van der Waals surface area contributed by atoms with Crippen molar-refractivity contribution in [3.8, 4) is 0 Å². The Morgan fingerprint density at radius 3 is 2.95 bits per heavy atom. The summed E-state index contributed by atoms with van der Waals surface area (Å²) >= 11 is 8.43. The van der Waals surface area contributed by atoms with Gasteiger partial charge < -0.3 is 10.6 Å². The molecule has 0 aliphatic rings. The molecule has 4 nitrogen and oxygen atoms in total. The lowest BCUT2D eigenvalue weighted by molar-refractivity contribution is 0.886. The van der Waals surface area contributed by atoms with Crippen LogP contribution in [-0.4, -0.2) is 22.0 Å². The zero-order valence-corrected chi connectivity index (χ0v) is 12.8. The first-order valence-corrected chi connectivity index (χ1v) is 6.83. The second kappa shape index (κ2) is 6.08. The number of thiocarbonyl (C=S) groups is 1. The molecule has 0 fully saturated rings. The van der Waals surface area contributed by atoms with Gasteiger partial charge in [-0.3, -0.25) is 0 Å². The van der Waals surface area contributed by atoms with Gasteiger partial charge in [-0.15, -0.1) is 0 Å². The van der Waals surface area contributed by atoms with Crippen LogP contribution in [0.1, 0.15) is 11.1 Å². The number of benzene rings is 1. The van der Waals surface area contributed by atoms with Crippen LogP contribution in [0, 0.1) is 0 Å². The van der Waals surface area contributed by atoms with Crippen molar-refractivity contribution < 1.29 is 0 Å². The van der Waals surface area contributed by atoms with Crippen molar-refractivity contribution in [2.75, 3.05) is 11.9 Å². The molecule has 6 heteroatoms. The van der Waals surface area contributed by atoms with Crippen molar-refractivity contribution in [1.29, 1.82) is 0 Å². The summed E-state index contributed by atoms with van der Waals surface area (Å²) in [6.45, 7) is 0.714. The fourth-order valence-electron chi connectivity index (χ4n) is 1.76. The topological polar surface area (TPSA) is 55.0 Å². The highest BCUT2D eigenvalue weighted by Gasteiger charge is 2.08. The van der Waals surface area contributed by atoms with Crippen LogP contribution in [0.15, 0.2) is 41.3 Å². The summed E-state index contributed by atoms with van der Waals surface area (Å²) in [6, 6.07) is 7.89. The van der Waals surface area contributed by atoms with Crippen LogP contribution < -0.4 is 10.6 Å². The van der Waals surface area contributed by atoms with Crippen molar-refractivity contribution in [2.45, 2.75) is 6.54 Å². The summed E-state index contributed by atoms with van der Waals surface area (Å²) in [5, 5.41) is 0. The fourth-order valence-corrected chi connectivity index (χ4v) is 2.41. The van der Waals surface area contributed by atoms with Crippen molar-refractivity contribution in [1.82, 2.24) is 9.97 Å². The Morgan fingerprint density at radius 2 is 2.26 bits per heavy atom. The van der Waals surface area contributed by atoms with E-state index in [1.807, 2.05) is 36.2 Å². The Balaban J connectivity index is 2.19. The van der Waals surface area contributed by atoms with Gasteiger partial charge in [-0.25, -0.2) is 9.97 Å². The van der Waals surface area contributed by atoms with Gasteiger partial charge >= 0.3 is 0 Å². The third-order valence-corrected chi connectivity index (χ3v) is 3.44. The monoisotopic (exact) mass is 336 g/mol. The van der Waals surface area contributed by atoms with Gasteiger partial charge in [-0.05, 0) is 27.6 Å². The number of rotatable bonds is 4. The van der Waals surface area contributed by atoms with Crippen LogP contribution in [-0.2, 0) is 6.54 Å². The molecule has 1 aromatic heterocycles. The van der Waals surface area contributed by atoms with E-state index in [4.69, 9.17) is 18.0 Å². The van der Waals surface area contributed by atoms with Gasteiger partial charge in [-0.2, -0.15) is 0 Å². The summed E-state index contributed by atoms with van der Waals surface area (Å²) in [4.78, 5) is 10.6. The molecule has 0 saturated carbocycles. The lowest BCUT2D eigenvalue weighted by Crippen LogP contribution is -2.19. The molecule has 1 aromatic carbocycles. The van der Waals surface area contributed by atoms with Crippen molar-refractivity contribution in [3.05, 3.63) is 52.4 Å². The molecule has 0 saturated heterocycles. The van der Waals surface area contributed by atoms with E-state index < -0.39 is 0 Å². The third kappa shape index (κ3) is 3.48. The molecule has 0 spiro atoms. The second-order valence-electron chi connectivity index (χ2n) is 4.11. The van der Waals surface area contributed by atoms with E-state index in [-0.39, 0.29) is 0 Å². The average Bonchev–Trinajstić information content (AvgIpc) is 2.39. The van der Waals surface area contributed by atoms with E-state index in [0.717, 1.165) is 21.4 Å². The SMILES string of the molecule is CN(Cc1cccc(C(N)=S)c1)c1ncncc1Br. The largest absolute Gasteiger partial charge is 0.389 e. The molecule has 98 valence electrons. The number of halogens is 1. The van der Waals surface area contributed by atoms with Gasteiger partial charge in [0.15, 0.2) is 0 Å². The van der Waals surface area contributed by atoms with E-state index in [1.165, 1.54) is 6.33 Å². The lowest BCUT2D eigenvalue weighted by Gasteiger charge is -2.19. The van der Waals surface area contributed by atoms with Gasteiger partial charge in [0, 0.05) is 25.4 Å².